The molecule has 6 nitrogen and oxygen atoms in total. The zero-order valence-electron chi connectivity index (χ0n) is 14.9. The summed E-state index contributed by atoms with van der Waals surface area (Å²) in [6.07, 6.45) is 2.19. The molecule has 2 aliphatic rings. The number of nitrogens with one attached hydrogen (secondary N) is 1. The summed E-state index contributed by atoms with van der Waals surface area (Å²) in [6, 6.07) is 0. The van der Waals surface area contributed by atoms with Crippen molar-refractivity contribution < 1.29 is 4.74 Å². The largest absolute Gasteiger partial charge is 0.471 e. The first-order valence-corrected chi connectivity index (χ1v) is 9.21. The first-order chi connectivity index (χ1) is 10.8. The third-order valence-corrected chi connectivity index (χ3v) is 5.91. The third-order valence-electron chi connectivity index (χ3n) is 5.41. The van der Waals surface area contributed by atoms with E-state index in [1.165, 1.54) is 11.7 Å². The highest BCUT2D eigenvalue weighted by Gasteiger charge is 2.44. The molecule has 23 heavy (non-hydrogen) atoms. The van der Waals surface area contributed by atoms with Crippen molar-refractivity contribution in [2.24, 2.45) is 0 Å². The van der Waals surface area contributed by atoms with Gasteiger partial charge in [0.15, 0.2) is 0 Å². The Morgan fingerprint density at radius 2 is 1.70 bits per heavy atom. The summed E-state index contributed by atoms with van der Waals surface area (Å²) in [7, 11) is 2.22. The first-order valence-electron chi connectivity index (χ1n) is 8.48. The van der Waals surface area contributed by atoms with Crippen LogP contribution in [0.15, 0.2) is 0 Å². The van der Waals surface area contributed by atoms with Crippen LogP contribution in [0.3, 0.4) is 0 Å². The number of hydrogen-bond acceptors (Lipinski definition) is 7. The molecule has 1 aromatic rings. The van der Waals surface area contributed by atoms with E-state index in [1.54, 1.807) is 0 Å². The summed E-state index contributed by atoms with van der Waals surface area (Å²) in [5.74, 6) is 1.64. The fourth-order valence-corrected chi connectivity index (χ4v) is 4.35. The maximum Gasteiger partial charge on any atom is 0.271 e. The van der Waals surface area contributed by atoms with E-state index >= 15 is 0 Å². The molecular weight excluding hydrogens is 310 g/mol. The van der Waals surface area contributed by atoms with Crippen LogP contribution < -0.4 is 15.0 Å². The van der Waals surface area contributed by atoms with Gasteiger partial charge in [-0.3, -0.25) is 4.90 Å². The normalized spacial score (nSPS) is 25.5. The van der Waals surface area contributed by atoms with E-state index in [9.17, 15) is 0 Å². The molecule has 130 valence electrons. The van der Waals surface area contributed by atoms with Crippen LogP contribution in [0.1, 0.15) is 40.5 Å². The highest BCUT2D eigenvalue weighted by Crippen LogP contribution is 2.39. The van der Waals surface area contributed by atoms with E-state index in [-0.39, 0.29) is 17.2 Å². The van der Waals surface area contributed by atoms with Gasteiger partial charge >= 0.3 is 0 Å². The van der Waals surface area contributed by atoms with Gasteiger partial charge in [-0.15, -0.1) is 4.37 Å². The minimum atomic E-state index is 0.116. The monoisotopic (exact) mass is 339 g/mol. The van der Waals surface area contributed by atoms with Gasteiger partial charge in [0.05, 0.1) is 11.7 Å². The molecule has 0 spiro atoms. The van der Waals surface area contributed by atoms with Gasteiger partial charge < -0.3 is 15.0 Å². The molecule has 1 aromatic heterocycles. The second-order valence-electron chi connectivity index (χ2n) is 7.96. The van der Waals surface area contributed by atoms with Gasteiger partial charge in [0.25, 0.3) is 5.88 Å². The van der Waals surface area contributed by atoms with E-state index in [1.807, 2.05) is 0 Å². The van der Waals surface area contributed by atoms with Crippen LogP contribution in [0.25, 0.3) is 0 Å². The minimum absolute atomic E-state index is 0.116. The van der Waals surface area contributed by atoms with E-state index in [0.29, 0.717) is 0 Å². The van der Waals surface area contributed by atoms with Crippen LogP contribution in [-0.4, -0.2) is 64.1 Å². The summed E-state index contributed by atoms with van der Waals surface area (Å²) in [4.78, 5) is 4.75. The summed E-state index contributed by atoms with van der Waals surface area (Å²) >= 11 is 1.25. The lowest BCUT2D eigenvalue weighted by molar-refractivity contribution is -0.0564. The number of piperazine rings is 1. The van der Waals surface area contributed by atoms with E-state index in [2.05, 4.69) is 58.6 Å². The topological polar surface area (TPSA) is 53.5 Å². The summed E-state index contributed by atoms with van der Waals surface area (Å²) in [5, 5.41) is 3.37. The van der Waals surface area contributed by atoms with Crippen LogP contribution in [-0.2, 0) is 0 Å². The molecule has 3 heterocycles. The van der Waals surface area contributed by atoms with Crippen LogP contribution in [0.4, 0.5) is 5.82 Å². The molecule has 0 atom stereocenters. The van der Waals surface area contributed by atoms with Gasteiger partial charge in [0.1, 0.15) is 6.10 Å². The second-order valence-corrected chi connectivity index (χ2v) is 8.49. The Hall–Kier alpha value is -0.920. The molecule has 3 rings (SSSR count). The molecular formula is C16H29N5OS. The number of anilines is 1. The van der Waals surface area contributed by atoms with Crippen LogP contribution >= 0.6 is 11.7 Å². The van der Waals surface area contributed by atoms with Crippen molar-refractivity contribution in [3.05, 3.63) is 0 Å². The Morgan fingerprint density at radius 1 is 1.09 bits per heavy atom. The molecule has 0 unspecified atom stereocenters. The fourth-order valence-electron chi connectivity index (χ4n) is 3.84. The SMILES string of the molecule is CN1C(C)(C)CC(Oc2nsnc2N2CCNCC2)CC1(C)C. The summed E-state index contributed by atoms with van der Waals surface area (Å²) < 4.78 is 15.3. The Labute approximate surface area is 143 Å². The number of aromatic nitrogens is 2. The highest BCUT2D eigenvalue weighted by molar-refractivity contribution is 6.99. The Kier molecular flexibility index (Phi) is 4.55. The van der Waals surface area contributed by atoms with Crippen LogP contribution in [0.5, 0.6) is 5.88 Å². The van der Waals surface area contributed by atoms with Crippen molar-refractivity contribution in [3.63, 3.8) is 0 Å². The van der Waals surface area contributed by atoms with Crippen molar-refractivity contribution in [1.29, 1.82) is 0 Å². The van der Waals surface area contributed by atoms with Crippen LogP contribution in [0.2, 0.25) is 0 Å². The predicted molar refractivity (Wildman–Crippen MR) is 94.6 cm³/mol. The quantitative estimate of drug-likeness (QED) is 0.909. The van der Waals surface area contributed by atoms with Crippen molar-refractivity contribution in [3.8, 4) is 5.88 Å². The maximum absolute atomic E-state index is 6.35. The lowest BCUT2D eigenvalue weighted by Crippen LogP contribution is -2.60. The van der Waals surface area contributed by atoms with Crippen LogP contribution in [0, 0.1) is 0 Å². The van der Waals surface area contributed by atoms with Crippen molar-refractivity contribution >= 4 is 17.5 Å². The van der Waals surface area contributed by atoms with Crippen molar-refractivity contribution in [1.82, 2.24) is 19.0 Å². The Bertz CT molecular complexity index is 520. The molecule has 2 aliphatic heterocycles. The van der Waals surface area contributed by atoms with E-state index in [4.69, 9.17) is 4.74 Å². The molecule has 0 aliphatic carbocycles. The highest BCUT2D eigenvalue weighted by atomic mass is 32.1. The number of likely N-dealkylation sites (tertiary alicyclic amines) is 1. The maximum atomic E-state index is 6.35. The molecule has 0 radical (unpaired) electrons. The minimum Gasteiger partial charge on any atom is -0.471 e. The molecule has 0 bridgehead atoms. The smallest absolute Gasteiger partial charge is 0.271 e. The predicted octanol–water partition coefficient (Wildman–Crippen LogP) is 1.98. The van der Waals surface area contributed by atoms with Gasteiger partial charge in [-0.1, -0.05) is 0 Å². The molecule has 0 saturated carbocycles. The second kappa shape index (κ2) is 6.18. The van der Waals surface area contributed by atoms with Crippen molar-refractivity contribution in [2.45, 2.75) is 57.7 Å². The van der Waals surface area contributed by atoms with Gasteiger partial charge in [-0.25, -0.2) is 0 Å². The summed E-state index contributed by atoms with van der Waals surface area (Å²) in [6.45, 7) is 13.1. The number of piperidine rings is 1. The molecule has 2 saturated heterocycles. The standard InChI is InChI=1S/C16H29N5OS/c1-15(2)10-12(11-16(3,4)20(15)5)22-14-13(18-23-19-14)21-8-6-17-7-9-21/h12,17H,6-11H2,1-5H3. The Morgan fingerprint density at radius 3 is 2.30 bits per heavy atom. The number of nitrogens with zero attached hydrogens (tertiary/aromatic N) is 4. The fraction of sp³-hybridized carbons (Fsp3) is 0.875. The zero-order valence-corrected chi connectivity index (χ0v) is 15.7. The van der Waals surface area contributed by atoms with Gasteiger partial charge in [-0.05, 0) is 34.7 Å². The molecule has 2 fully saturated rings. The Balaban J connectivity index is 1.74. The lowest BCUT2D eigenvalue weighted by Gasteiger charge is -2.53. The average molecular weight is 340 g/mol. The first kappa shape index (κ1) is 16.9. The number of rotatable bonds is 3. The van der Waals surface area contributed by atoms with Gasteiger partial charge in [0, 0.05) is 50.1 Å². The van der Waals surface area contributed by atoms with Crippen molar-refractivity contribution in [2.75, 3.05) is 38.1 Å². The number of ether oxygens (including phenoxy) is 1. The molecule has 1 N–H and O–H groups in total. The number of hydrogen-bond donors (Lipinski definition) is 1. The zero-order chi connectivity index (χ0) is 16.7. The van der Waals surface area contributed by atoms with E-state index < -0.39 is 0 Å². The third kappa shape index (κ3) is 3.46. The average Bonchev–Trinajstić information content (AvgIpc) is 2.93. The molecule has 7 heteroatoms. The van der Waals surface area contributed by atoms with Gasteiger partial charge in [-0.2, -0.15) is 4.37 Å². The lowest BCUT2D eigenvalue weighted by atomic mass is 9.79. The van der Waals surface area contributed by atoms with Gasteiger partial charge in [0.2, 0.25) is 5.82 Å². The molecule has 0 aromatic carbocycles. The molecule has 0 amide bonds. The van der Waals surface area contributed by atoms with E-state index in [0.717, 1.165) is 50.7 Å². The summed E-state index contributed by atoms with van der Waals surface area (Å²) in [5.41, 5.74) is 0.232.